The highest BCUT2D eigenvalue weighted by Crippen LogP contribution is 2.53. The second-order valence-electron chi connectivity index (χ2n) is 4.88. The minimum absolute atomic E-state index is 0.302. The Morgan fingerprint density at radius 1 is 0.905 bits per heavy atom. The smallest absolute Gasteiger partial charge is 0.161 e. The fourth-order valence-electron chi connectivity index (χ4n) is 2.40. The standard InChI is InChI=1S/C17H18N2S2/c1-18-17-19(2)15(13-9-5-3-6-10-13)20-16(21-17)14-11-7-4-8-12-14/h3-12,15-16H,1-2H3/t15-,16+/m0/s1. The van der Waals surface area contributed by atoms with E-state index in [2.05, 4.69) is 77.6 Å². The molecule has 1 fully saturated rings. The van der Waals surface area contributed by atoms with E-state index in [9.17, 15) is 0 Å². The number of amidine groups is 1. The number of benzene rings is 2. The van der Waals surface area contributed by atoms with Crippen LogP contribution in [0.25, 0.3) is 0 Å². The Kier molecular flexibility index (Phi) is 4.56. The van der Waals surface area contributed by atoms with Crippen LogP contribution in [0.5, 0.6) is 0 Å². The van der Waals surface area contributed by atoms with Gasteiger partial charge in [0.05, 0.1) is 4.58 Å². The van der Waals surface area contributed by atoms with E-state index in [1.807, 2.05) is 30.6 Å². The highest BCUT2D eigenvalue weighted by atomic mass is 32.2. The van der Waals surface area contributed by atoms with Crippen molar-refractivity contribution in [3.05, 3.63) is 71.8 Å². The lowest BCUT2D eigenvalue weighted by molar-refractivity contribution is 0.493. The zero-order valence-electron chi connectivity index (χ0n) is 12.1. The van der Waals surface area contributed by atoms with Crippen LogP contribution in [0.1, 0.15) is 21.1 Å². The van der Waals surface area contributed by atoms with Crippen molar-refractivity contribution in [3.63, 3.8) is 0 Å². The summed E-state index contributed by atoms with van der Waals surface area (Å²) in [6.45, 7) is 0. The third-order valence-corrected chi connectivity index (χ3v) is 6.62. The zero-order chi connectivity index (χ0) is 14.7. The molecule has 2 aromatic rings. The Morgan fingerprint density at radius 2 is 1.48 bits per heavy atom. The number of rotatable bonds is 2. The van der Waals surface area contributed by atoms with E-state index in [-0.39, 0.29) is 0 Å². The molecule has 0 saturated carbocycles. The summed E-state index contributed by atoms with van der Waals surface area (Å²) in [7, 11) is 4.00. The maximum absolute atomic E-state index is 4.47. The van der Waals surface area contributed by atoms with Crippen LogP contribution in [0.4, 0.5) is 0 Å². The van der Waals surface area contributed by atoms with Crippen molar-refractivity contribution in [3.8, 4) is 0 Å². The minimum Gasteiger partial charge on any atom is -0.338 e. The lowest BCUT2D eigenvalue weighted by atomic mass is 10.2. The van der Waals surface area contributed by atoms with Crippen LogP contribution in [-0.4, -0.2) is 24.2 Å². The van der Waals surface area contributed by atoms with Crippen molar-refractivity contribution < 1.29 is 0 Å². The van der Waals surface area contributed by atoms with Crippen LogP contribution in [-0.2, 0) is 0 Å². The Bertz CT molecular complexity index is 613. The van der Waals surface area contributed by atoms with E-state index in [1.165, 1.54) is 11.1 Å². The van der Waals surface area contributed by atoms with E-state index in [1.54, 1.807) is 0 Å². The summed E-state index contributed by atoms with van der Waals surface area (Å²) in [6, 6.07) is 21.3. The summed E-state index contributed by atoms with van der Waals surface area (Å²) in [5, 5.41) is 1.40. The molecule has 0 unspecified atom stereocenters. The molecule has 0 N–H and O–H groups in total. The first-order chi connectivity index (χ1) is 10.3. The van der Waals surface area contributed by atoms with E-state index >= 15 is 0 Å². The SMILES string of the molecule is CN=C1S[C@H](c2ccccc2)S[C@@H](c2ccccc2)N1C. The lowest BCUT2D eigenvalue weighted by Gasteiger charge is -2.38. The first kappa shape index (κ1) is 14.5. The van der Waals surface area contributed by atoms with E-state index in [0.717, 1.165) is 5.17 Å². The van der Waals surface area contributed by atoms with Crippen molar-refractivity contribution in [2.45, 2.75) is 9.96 Å². The minimum atomic E-state index is 0.302. The Hall–Kier alpha value is -1.39. The van der Waals surface area contributed by atoms with Crippen molar-refractivity contribution in [1.82, 2.24) is 4.90 Å². The molecule has 0 bridgehead atoms. The number of thioether (sulfide) groups is 2. The average molecular weight is 314 g/mol. The summed E-state index contributed by atoms with van der Waals surface area (Å²) in [5.74, 6) is 0. The molecule has 2 nitrogen and oxygen atoms in total. The molecule has 21 heavy (non-hydrogen) atoms. The third-order valence-electron chi connectivity index (χ3n) is 3.47. The number of hydrogen-bond acceptors (Lipinski definition) is 3. The summed E-state index contributed by atoms with van der Waals surface area (Å²) < 4.78 is 0.381. The van der Waals surface area contributed by atoms with E-state index < -0.39 is 0 Å². The van der Waals surface area contributed by atoms with Crippen LogP contribution < -0.4 is 0 Å². The summed E-state index contributed by atoms with van der Waals surface area (Å²) >= 11 is 3.80. The van der Waals surface area contributed by atoms with Gasteiger partial charge in [-0.2, -0.15) is 0 Å². The molecule has 2 aromatic carbocycles. The molecule has 0 radical (unpaired) electrons. The molecule has 4 heteroatoms. The van der Waals surface area contributed by atoms with Gasteiger partial charge in [0.25, 0.3) is 0 Å². The quantitative estimate of drug-likeness (QED) is 0.793. The molecular weight excluding hydrogens is 296 g/mol. The fourth-order valence-corrected chi connectivity index (χ4v) is 5.27. The predicted molar refractivity (Wildman–Crippen MR) is 94.7 cm³/mol. The van der Waals surface area contributed by atoms with Crippen LogP contribution in [0.3, 0.4) is 0 Å². The molecule has 0 aliphatic carbocycles. The van der Waals surface area contributed by atoms with Crippen LogP contribution >= 0.6 is 23.5 Å². The van der Waals surface area contributed by atoms with E-state index in [4.69, 9.17) is 0 Å². The molecule has 0 spiro atoms. The average Bonchev–Trinajstić information content (AvgIpc) is 2.56. The fraction of sp³-hybridized carbons (Fsp3) is 0.235. The van der Waals surface area contributed by atoms with Crippen molar-refractivity contribution >= 4 is 28.7 Å². The Labute approximate surface area is 134 Å². The van der Waals surface area contributed by atoms with Gasteiger partial charge in [-0.05, 0) is 11.1 Å². The molecule has 108 valence electrons. The van der Waals surface area contributed by atoms with Gasteiger partial charge in [-0.15, -0.1) is 11.8 Å². The van der Waals surface area contributed by atoms with Gasteiger partial charge in [0.15, 0.2) is 5.17 Å². The largest absolute Gasteiger partial charge is 0.338 e. The molecule has 0 aromatic heterocycles. The lowest BCUT2D eigenvalue weighted by Crippen LogP contribution is -2.31. The van der Waals surface area contributed by atoms with Gasteiger partial charge in [0, 0.05) is 14.1 Å². The number of aliphatic imine (C=N–C) groups is 1. The number of nitrogens with zero attached hydrogens (tertiary/aromatic N) is 2. The summed E-state index contributed by atoms with van der Waals surface area (Å²) in [6.07, 6.45) is 0. The van der Waals surface area contributed by atoms with Crippen LogP contribution in [0, 0.1) is 0 Å². The van der Waals surface area contributed by atoms with Gasteiger partial charge in [-0.3, -0.25) is 4.99 Å². The van der Waals surface area contributed by atoms with Crippen molar-refractivity contribution in [2.24, 2.45) is 4.99 Å². The monoisotopic (exact) mass is 314 g/mol. The van der Waals surface area contributed by atoms with E-state index in [0.29, 0.717) is 9.96 Å². The van der Waals surface area contributed by atoms with Gasteiger partial charge < -0.3 is 4.90 Å². The van der Waals surface area contributed by atoms with Gasteiger partial charge in [-0.25, -0.2) is 0 Å². The Balaban J connectivity index is 1.93. The van der Waals surface area contributed by atoms with Crippen molar-refractivity contribution in [1.29, 1.82) is 0 Å². The van der Waals surface area contributed by atoms with Crippen molar-refractivity contribution in [2.75, 3.05) is 14.1 Å². The molecular formula is C17H18N2S2. The maximum Gasteiger partial charge on any atom is 0.161 e. The summed E-state index contributed by atoms with van der Waals surface area (Å²) in [5.41, 5.74) is 2.68. The van der Waals surface area contributed by atoms with Crippen LogP contribution in [0.15, 0.2) is 65.7 Å². The topological polar surface area (TPSA) is 15.6 Å². The van der Waals surface area contributed by atoms with Gasteiger partial charge in [0.2, 0.25) is 0 Å². The van der Waals surface area contributed by atoms with Gasteiger partial charge >= 0.3 is 0 Å². The molecule has 0 amide bonds. The second kappa shape index (κ2) is 6.58. The summed E-state index contributed by atoms with van der Waals surface area (Å²) in [4.78, 5) is 6.74. The molecule has 3 rings (SSSR count). The normalized spacial score (nSPS) is 24.3. The highest BCUT2D eigenvalue weighted by Gasteiger charge is 2.32. The first-order valence-electron chi connectivity index (χ1n) is 6.91. The maximum atomic E-state index is 4.47. The van der Waals surface area contributed by atoms with Gasteiger partial charge in [-0.1, -0.05) is 72.4 Å². The van der Waals surface area contributed by atoms with Crippen LogP contribution in [0.2, 0.25) is 0 Å². The number of hydrogen-bond donors (Lipinski definition) is 0. The highest BCUT2D eigenvalue weighted by molar-refractivity contribution is 8.25. The third kappa shape index (κ3) is 3.11. The molecule has 1 aliphatic heterocycles. The molecule has 1 saturated heterocycles. The van der Waals surface area contributed by atoms with Gasteiger partial charge in [0.1, 0.15) is 5.37 Å². The molecule has 1 aliphatic rings. The second-order valence-corrected chi connectivity index (χ2v) is 7.44. The first-order valence-corrected chi connectivity index (χ1v) is 8.73. The molecule has 2 atom stereocenters. The Morgan fingerprint density at radius 3 is 2.05 bits per heavy atom. The predicted octanol–water partition coefficient (Wildman–Crippen LogP) is 4.78. The molecule has 1 heterocycles. The zero-order valence-corrected chi connectivity index (χ0v) is 13.8.